The average molecular weight is 799 g/mol. The van der Waals surface area contributed by atoms with Crippen LogP contribution >= 0.6 is 11.6 Å². The Bertz CT molecular complexity index is 1990. The summed E-state index contributed by atoms with van der Waals surface area (Å²) in [5, 5.41) is 31.3. The number of fused-ring (bicyclic) bond motifs is 6. The minimum absolute atomic E-state index is 0.0211. The molecule has 2 aromatic heterocycles. The van der Waals surface area contributed by atoms with Crippen molar-refractivity contribution in [2.24, 2.45) is 5.92 Å². The second-order valence-electron chi connectivity index (χ2n) is 12.2. The molecule has 4 aromatic rings. The molecule has 2 aromatic carbocycles. The highest BCUT2D eigenvalue weighted by molar-refractivity contribution is 6.32. The van der Waals surface area contributed by atoms with Crippen molar-refractivity contribution in [2.45, 2.75) is 51.4 Å². The molecule has 1 fully saturated rings. The molecular weight excluding hydrogens is 766 g/mol. The van der Waals surface area contributed by atoms with Crippen LogP contribution in [0.3, 0.4) is 0 Å². The fourth-order valence-corrected chi connectivity index (χ4v) is 5.50. The summed E-state index contributed by atoms with van der Waals surface area (Å²) in [6.45, 7) is 3.12. The summed E-state index contributed by atoms with van der Waals surface area (Å²) in [5.41, 5.74) is 5.98. The van der Waals surface area contributed by atoms with Crippen LogP contribution in [0.1, 0.15) is 46.6 Å². The van der Waals surface area contributed by atoms with E-state index in [1.807, 2.05) is 42.2 Å². The van der Waals surface area contributed by atoms with Crippen molar-refractivity contribution in [1.29, 1.82) is 0 Å². The van der Waals surface area contributed by atoms with E-state index < -0.39 is 24.3 Å². The molecule has 14 nitrogen and oxygen atoms in total. The maximum absolute atomic E-state index is 13.2. The number of benzene rings is 2. The quantitative estimate of drug-likeness (QED) is 0.117. The van der Waals surface area contributed by atoms with Crippen molar-refractivity contribution in [3.63, 3.8) is 0 Å². The first-order valence-electron chi connectivity index (χ1n) is 16.3. The molecule has 2 amide bonds. The van der Waals surface area contributed by atoms with Gasteiger partial charge in [-0.2, -0.15) is 36.4 Å². The number of amides is 2. The number of halogens is 7. The fourth-order valence-electron chi connectivity index (χ4n) is 5.36. The van der Waals surface area contributed by atoms with Crippen molar-refractivity contribution in [2.75, 3.05) is 29.0 Å². The van der Waals surface area contributed by atoms with Crippen LogP contribution < -0.4 is 16.0 Å². The number of carbonyl (C=O) groups excluding carboxylic acids is 2. The number of aryl methyl sites for hydroxylation is 3. The third-order valence-electron chi connectivity index (χ3n) is 8.04. The van der Waals surface area contributed by atoms with Gasteiger partial charge in [-0.15, -0.1) is 0 Å². The molecule has 4 heterocycles. The topological polar surface area (TPSA) is 203 Å². The fraction of sp³-hybridized carbons (Fsp3) is 0.324. The first-order valence-corrected chi connectivity index (χ1v) is 16.7. The molecule has 294 valence electrons. The second kappa shape index (κ2) is 17.9. The molecule has 1 saturated heterocycles. The predicted molar refractivity (Wildman–Crippen MR) is 186 cm³/mol. The Labute approximate surface area is 313 Å². The van der Waals surface area contributed by atoms with Crippen molar-refractivity contribution in [1.82, 2.24) is 25.1 Å². The number of carboxylic acids is 2. The summed E-state index contributed by atoms with van der Waals surface area (Å²) < 4.78 is 63.5. The zero-order chi connectivity index (χ0) is 40.5. The monoisotopic (exact) mass is 798 g/mol. The van der Waals surface area contributed by atoms with Gasteiger partial charge in [0.05, 0.1) is 6.20 Å². The molecule has 0 radical (unpaired) electrons. The van der Waals surface area contributed by atoms with Gasteiger partial charge in [0.25, 0.3) is 5.91 Å². The number of alkyl halides is 6. The van der Waals surface area contributed by atoms with Crippen LogP contribution in [0.2, 0.25) is 5.02 Å². The van der Waals surface area contributed by atoms with E-state index in [1.165, 1.54) is 0 Å². The van der Waals surface area contributed by atoms with Crippen LogP contribution in [0.4, 0.5) is 55.2 Å². The van der Waals surface area contributed by atoms with Gasteiger partial charge < -0.3 is 31.1 Å². The number of nitrogens with one attached hydrogen (secondary N) is 4. The maximum atomic E-state index is 13.2. The van der Waals surface area contributed by atoms with Gasteiger partial charge in [0.2, 0.25) is 11.9 Å². The normalized spacial score (nSPS) is 14.1. The number of piperidine rings is 1. The number of aliphatic carboxylic acids is 2. The largest absolute Gasteiger partial charge is 0.490 e. The second-order valence-corrected chi connectivity index (χ2v) is 12.6. The lowest BCUT2D eigenvalue weighted by Gasteiger charge is -2.31. The van der Waals surface area contributed by atoms with Gasteiger partial charge in [-0.05, 0) is 86.1 Å². The number of hydrogen-bond acceptors (Lipinski definition) is 9. The highest BCUT2D eigenvalue weighted by Crippen LogP contribution is 2.30. The van der Waals surface area contributed by atoms with Gasteiger partial charge in [0.1, 0.15) is 10.7 Å². The summed E-state index contributed by atoms with van der Waals surface area (Å²) in [4.78, 5) is 54.3. The summed E-state index contributed by atoms with van der Waals surface area (Å²) >= 11 is 6.39. The van der Waals surface area contributed by atoms with Crippen molar-refractivity contribution in [3.05, 3.63) is 82.3 Å². The van der Waals surface area contributed by atoms with E-state index in [0.717, 1.165) is 59.6 Å². The smallest absolute Gasteiger partial charge is 0.475 e. The summed E-state index contributed by atoms with van der Waals surface area (Å²) in [7, 11) is 0. The number of anilines is 5. The van der Waals surface area contributed by atoms with Gasteiger partial charge in [0.15, 0.2) is 5.82 Å². The van der Waals surface area contributed by atoms with Crippen LogP contribution in [0.5, 0.6) is 0 Å². The molecule has 0 spiro atoms. The Morgan fingerprint density at radius 3 is 2.15 bits per heavy atom. The molecule has 55 heavy (non-hydrogen) atoms. The van der Waals surface area contributed by atoms with Gasteiger partial charge in [-0.1, -0.05) is 23.7 Å². The van der Waals surface area contributed by atoms with E-state index in [4.69, 9.17) is 31.4 Å². The number of likely N-dealkylation sites (tertiary alicyclic amines) is 1. The lowest BCUT2D eigenvalue weighted by molar-refractivity contribution is -0.193. The van der Waals surface area contributed by atoms with Gasteiger partial charge in [-0.3, -0.25) is 14.7 Å². The Morgan fingerprint density at radius 2 is 1.55 bits per heavy atom. The highest BCUT2D eigenvalue weighted by atomic mass is 35.5. The minimum atomic E-state index is -5.08. The number of H-pyrrole nitrogens is 1. The SMILES string of the molecule is Cc1cc(C(=O)N2CCC(CC(=O)Nc3ccc4cc3CCc3cccc(c3)Nc3ncc(Cl)c(n3)N4)CC2)n[nH]1.O=C(O)C(F)(F)F.O=C(O)C(F)(F)F. The van der Waals surface area contributed by atoms with E-state index in [9.17, 15) is 35.9 Å². The third kappa shape index (κ3) is 12.6. The lowest BCUT2D eigenvalue weighted by Crippen LogP contribution is -2.39. The van der Waals surface area contributed by atoms with E-state index in [0.29, 0.717) is 42.0 Å². The maximum Gasteiger partial charge on any atom is 0.490 e. The molecule has 0 saturated carbocycles. The molecule has 6 rings (SSSR count). The zero-order valence-corrected chi connectivity index (χ0v) is 29.4. The number of hydrogen-bond donors (Lipinski definition) is 6. The first-order chi connectivity index (χ1) is 25.8. The van der Waals surface area contributed by atoms with Crippen molar-refractivity contribution < 1.29 is 55.7 Å². The van der Waals surface area contributed by atoms with Crippen LogP contribution in [-0.2, 0) is 27.2 Å². The Morgan fingerprint density at radius 1 is 0.909 bits per heavy atom. The van der Waals surface area contributed by atoms with E-state index >= 15 is 0 Å². The van der Waals surface area contributed by atoms with Crippen LogP contribution in [0.25, 0.3) is 0 Å². The molecule has 0 unspecified atom stereocenters. The Balaban J connectivity index is 0.000000410. The van der Waals surface area contributed by atoms with Gasteiger partial charge in [-0.25, -0.2) is 14.6 Å². The predicted octanol–water partition coefficient (Wildman–Crippen LogP) is 6.89. The standard InChI is InChI=1S/C30H31ClN8O2.2C2HF3O2/c1-18-13-26(38-37-18)29(41)39-11-9-20(10-12-39)15-27(40)35-25-8-7-23-16-21(25)6-5-19-3-2-4-22(14-19)34-30-32-17-24(31)28(33-23)36-30;2*3-2(4,5)1(6)7/h2-4,7-8,13-14,16-17,20H,5-6,9-12,15H2,1H3,(H,35,40)(H,37,38)(H2,32,33,34,36);2*(H,6,7). The average Bonchev–Trinajstić information content (AvgIpc) is 3.55. The molecule has 0 aliphatic carbocycles. The first kappa shape index (κ1) is 41.8. The number of rotatable bonds is 4. The van der Waals surface area contributed by atoms with E-state index in [1.54, 1.807) is 12.3 Å². The molecule has 2 aliphatic rings. The van der Waals surface area contributed by atoms with Crippen LogP contribution in [0, 0.1) is 12.8 Å². The minimum Gasteiger partial charge on any atom is -0.475 e. The number of nitrogens with zero attached hydrogens (tertiary/aromatic N) is 4. The Kier molecular flexibility index (Phi) is 13.6. The third-order valence-corrected chi connectivity index (χ3v) is 8.31. The number of carbonyl (C=O) groups is 4. The van der Waals surface area contributed by atoms with Gasteiger partial charge >= 0.3 is 24.3 Å². The molecule has 21 heteroatoms. The van der Waals surface area contributed by atoms with Crippen LogP contribution in [0.15, 0.2) is 54.7 Å². The molecule has 0 atom stereocenters. The van der Waals surface area contributed by atoms with Crippen molar-refractivity contribution >= 4 is 64.2 Å². The molecule has 2 aliphatic heterocycles. The molecule has 6 bridgehead atoms. The van der Waals surface area contributed by atoms with E-state index in [2.05, 4.69) is 48.2 Å². The van der Waals surface area contributed by atoms with E-state index in [-0.39, 0.29) is 17.7 Å². The summed E-state index contributed by atoms with van der Waals surface area (Å²) in [6, 6.07) is 15.8. The van der Waals surface area contributed by atoms with Gasteiger partial charge in [0, 0.05) is 42.3 Å². The lowest BCUT2D eigenvalue weighted by atomic mass is 9.93. The molecular formula is C34H33ClF6N8O6. The van der Waals surface area contributed by atoms with Crippen LogP contribution in [-0.4, -0.2) is 84.5 Å². The van der Waals surface area contributed by atoms with Crippen molar-refractivity contribution in [3.8, 4) is 0 Å². The number of carboxylic acid groups (broad SMARTS) is 2. The number of aromatic nitrogens is 4. The molecule has 6 N–H and O–H groups in total. The summed E-state index contributed by atoms with van der Waals surface area (Å²) in [6.07, 6.45) is -5.09. The number of aromatic amines is 1. The summed E-state index contributed by atoms with van der Waals surface area (Å²) in [5.74, 6) is -4.44. The highest BCUT2D eigenvalue weighted by Gasteiger charge is 2.39. The zero-order valence-electron chi connectivity index (χ0n) is 28.7. The Hall–Kier alpha value is -5.92.